The Morgan fingerprint density at radius 1 is 1.36 bits per heavy atom. The molecule has 22 heavy (non-hydrogen) atoms. The van der Waals surface area contributed by atoms with Crippen molar-refractivity contribution in [3.63, 3.8) is 0 Å². The number of nitrogens with zero attached hydrogens (tertiary/aromatic N) is 3. The predicted molar refractivity (Wildman–Crippen MR) is 77.1 cm³/mol. The van der Waals surface area contributed by atoms with Crippen molar-refractivity contribution in [2.24, 2.45) is 0 Å². The molecule has 0 saturated carbocycles. The van der Waals surface area contributed by atoms with Gasteiger partial charge in [-0.3, -0.25) is 15.0 Å². The fourth-order valence-electron chi connectivity index (χ4n) is 2.73. The monoisotopic (exact) mass is 317 g/mol. The van der Waals surface area contributed by atoms with E-state index in [9.17, 15) is 23.3 Å². The highest BCUT2D eigenvalue weighted by molar-refractivity contribution is 5.64. The molecule has 1 atom stereocenters. The third-order valence-corrected chi connectivity index (χ3v) is 3.82. The van der Waals surface area contributed by atoms with E-state index in [1.807, 2.05) is 0 Å². The molecule has 0 spiro atoms. The van der Waals surface area contributed by atoms with Crippen LogP contribution in [0.4, 0.5) is 24.5 Å². The van der Waals surface area contributed by atoms with Crippen molar-refractivity contribution in [1.82, 2.24) is 4.90 Å². The van der Waals surface area contributed by atoms with E-state index in [4.69, 9.17) is 0 Å². The highest BCUT2D eigenvalue weighted by Gasteiger charge is 2.36. The first-order valence-corrected chi connectivity index (χ1v) is 6.98. The van der Waals surface area contributed by atoms with E-state index in [1.165, 1.54) is 11.0 Å². The maximum atomic E-state index is 12.5. The van der Waals surface area contributed by atoms with Crippen molar-refractivity contribution in [3.8, 4) is 0 Å². The third kappa shape index (κ3) is 3.88. The fourth-order valence-corrected chi connectivity index (χ4v) is 2.73. The molecule has 2 rings (SSSR count). The van der Waals surface area contributed by atoms with E-state index in [1.54, 1.807) is 30.9 Å². The Balaban J connectivity index is 2.15. The first kappa shape index (κ1) is 16.5. The number of halogens is 3. The van der Waals surface area contributed by atoms with Crippen molar-refractivity contribution < 1.29 is 18.1 Å². The zero-order valence-corrected chi connectivity index (χ0v) is 12.4. The van der Waals surface area contributed by atoms with Gasteiger partial charge < -0.3 is 4.90 Å². The quantitative estimate of drug-likeness (QED) is 0.635. The third-order valence-electron chi connectivity index (χ3n) is 3.82. The zero-order chi connectivity index (χ0) is 16.5. The lowest BCUT2D eigenvalue weighted by atomic mass is 10.1. The van der Waals surface area contributed by atoms with Gasteiger partial charge in [0.05, 0.1) is 11.5 Å². The van der Waals surface area contributed by atoms with Crippen LogP contribution in [-0.4, -0.2) is 48.2 Å². The maximum absolute atomic E-state index is 12.5. The van der Waals surface area contributed by atoms with Crippen molar-refractivity contribution in [2.75, 3.05) is 31.1 Å². The van der Waals surface area contributed by atoms with Crippen LogP contribution in [0.5, 0.6) is 0 Å². The van der Waals surface area contributed by atoms with Crippen molar-refractivity contribution in [2.45, 2.75) is 26.1 Å². The number of rotatable bonds is 3. The second kappa shape index (κ2) is 6.12. The normalized spacial score (nSPS) is 20.2. The molecule has 0 amide bonds. The minimum atomic E-state index is -4.23. The van der Waals surface area contributed by atoms with Gasteiger partial charge in [-0.15, -0.1) is 0 Å². The minimum absolute atomic E-state index is 0.00327. The van der Waals surface area contributed by atoms with E-state index in [-0.39, 0.29) is 18.3 Å². The van der Waals surface area contributed by atoms with Gasteiger partial charge in [0.1, 0.15) is 5.69 Å². The lowest BCUT2D eigenvalue weighted by Crippen LogP contribution is -2.54. The SMILES string of the molecule is Cc1ccc(N2CCN(CC(F)(F)F)C(C)C2)c([N+](=O)[O-])c1. The summed E-state index contributed by atoms with van der Waals surface area (Å²) in [6.45, 7) is 3.42. The second-order valence-electron chi connectivity index (χ2n) is 5.63. The van der Waals surface area contributed by atoms with Crippen molar-refractivity contribution in [1.29, 1.82) is 0 Å². The molecule has 1 unspecified atom stereocenters. The molecule has 0 aliphatic carbocycles. The van der Waals surface area contributed by atoms with Crippen LogP contribution < -0.4 is 4.90 Å². The molecule has 1 aliphatic rings. The van der Waals surface area contributed by atoms with Gasteiger partial charge in [-0.05, 0) is 25.5 Å². The lowest BCUT2D eigenvalue weighted by Gasteiger charge is -2.40. The van der Waals surface area contributed by atoms with Gasteiger partial charge in [-0.2, -0.15) is 13.2 Å². The summed E-state index contributed by atoms with van der Waals surface area (Å²) in [5.74, 6) is 0. The van der Waals surface area contributed by atoms with E-state index >= 15 is 0 Å². The molecule has 1 aromatic rings. The van der Waals surface area contributed by atoms with Crippen LogP contribution in [0, 0.1) is 17.0 Å². The van der Waals surface area contributed by atoms with Gasteiger partial charge in [0, 0.05) is 31.7 Å². The number of anilines is 1. The van der Waals surface area contributed by atoms with Crippen LogP contribution in [0.3, 0.4) is 0 Å². The summed E-state index contributed by atoms with van der Waals surface area (Å²) >= 11 is 0. The maximum Gasteiger partial charge on any atom is 0.401 e. The van der Waals surface area contributed by atoms with E-state index < -0.39 is 17.6 Å². The Kier molecular flexibility index (Phi) is 4.60. The van der Waals surface area contributed by atoms with Crippen LogP contribution in [0.2, 0.25) is 0 Å². The van der Waals surface area contributed by atoms with Crippen LogP contribution in [0.15, 0.2) is 18.2 Å². The van der Waals surface area contributed by atoms with E-state index in [0.717, 1.165) is 5.56 Å². The molecular formula is C14H18F3N3O2. The Bertz CT molecular complexity index is 563. The number of nitro benzene ring substituents is 1. The Labute approximate surface area is 126 Å². The molecule has 1 fully saturated rings. The number of nitro groups is 1. The minimum Gasteiger partial charge on any atom is -0.363 e. The molecule has 1 heterocycles. The molecule has 8 heteroatoms. The molecule has 0 radical (unpaired) electrons. The molecular weight excluding hydrogens is 299 g/mol. The fraction of sp³-hybridized carbons (Fsp3) is 0.571. The van der Waals surface area contributed by atoms with E-state index in [0.29, 0.717) is 18.8 Å². The van der Waals surface area contributed by atoms with Crippen LogP contribution in [-0.2, 0) is 0 Å². The van der Waals surface area contributed by atoms with Crippen LogP contribution in [0.1, 0.15) is 12.5 Å². The predicted octanol–water partition coefficient (Wildman–Crippen LogP) is 2.98. The summed E-state index contributed by atoms with van der Waals surface area (Å²) in [7, 11) is 0. The zero-order valence-electron chi connectivity index (χ0n) is 12.4. The van der Waals surface area contributed by atoms with Crippen LogP contribution in [0.25, 0.3) is 0 Å². The molecule has 1 aromatic carbocycles. The average Bonchev–Trinajstić information content (AvgIpc) is 2.39. The number of aryl methyl sites for hydroxylation is 1. The molecule has 1 saturated heterocycles. The summed E-state index contributed by atoms with van der Waals surface area (Å²) in [5.41, 5.74) is 1.24. The van der Waals surface area contributed by atoms with Gasteiger partial charge in [0.25, 0.3) is 5.69 Å². The molecule has 0 aromatic heterocycles. The number of piperazine rings is 1. The molecule has 1 aliphatic heterocycles. The van der Waals surface area contributed by atoms with Gasteiger partial charge in [-0.1, -0.05) is 6.07 Å². The van der Waals surface area contributed by atoms with Gasteiger partial charge in [-0.25, -0.2) is 0 Å². The van der Waals surface area contributed by atoms with Crippen molar-refractivity contribution in [3.05, 3.63) is 33.9 Å². The van der Waals surface area contributed by atoms with Crippen molar-refractivity contribution >= 4 is 11.4 Å². The Hall–Kier alpha value is -1.83. The smallest absolute Gasteiger partial charge is 0.363 e. The summed E-state index contributed by atoms with van der Waals surface area (Å²) in [6, 6.07) is 4.60. The number of alkyl halides is 3. The Morgan fingerprint density at radius 3 is 2.59 bits per heavy atom. The molecule has 5 nitrogen and oxygen atoms in total. The first-order valence-electron chi connectivity index (χ1n) is 6.98. The first-order chi connectivity index (χ1) is 10.2. The summed E-state index contributed by atoms with van der Waals surface area (Å²) in [4.78, 5) is 13.9. The second-order valence-corrected chi connectivity index (χ2v) is 5.63. The van der Waals surface area contributed by atoms with Gasteiger partial charge in [0.15, 0.2) is 0 Å². The average molecular weight is 317 g/mol. The van der Waals surface area contributed by atoms with E-state index in [2.05, 4.69) is 0 Å². The summed E-state index contributed by atoms with van der Waals surface area (Å²) < 4.78 is 37.5. The van der Waals surface area contributed by atoms with Gasteiger partial charge in [0.2, 0.25) is 0 Å². The highest BCUT2D eigenvalue weighted by atomic mass is 19.4. The largest absolute Gasteiger partial charge is 0.401 e. The lowest BCUT2D eigenvalue weighted by molar-refractivity contribution is -0.384. The standard InChI is InChI=1S/C14H18F3N3O2/c1-10-3-4-12(13(7-10)20(21)22)18-5-6-19(11(2)8-18)9-14(15,16)17/h3-4,7,11H,5-6,8-9H2,1-2H3. The number of benzene rings is 1. The van der Waals surface area contributed by atoms with Crippen LogP contribution >= 0.6 is 0 Å². The number of hydrogen-bond donors (Lipinski definition) is 0. The Morgan fingerprint density at radius 2 is 2.05 bits per heavy atom. The molecule has 0 bridgehead atoms. The summed E-state index contributed by atoms with van der Waals surface area (Å²) in [6.07, 6.45) is -4.23. The van der Waals surface area contributed by atoms with Gasteiger partial charge >= 0.3 is 6.18 Å². The highest BCUT2D eigenvalue weighted by Crippen LogP contribution is 2.31. The molecule has 122 valence electrons. The topological polar surface area (TPSA) is 49.6 Å². The summed E-state index contributed by atoms with van der Waals surface area (Å²) in [5, 5.41) is 11.2. The number of hydrogen-bond acceptors (Lipinski definition) is 4. The molecule has 0 N–H and O–H groups in total.